The number of carbonyl (C=O) groups excluding carboxylic acids is 1. The highest BCUT2D eigenvalue weighted by atomic mass is 19.4. The minimum Gasteiger partial charge on any atom is -0.394 e. The van der Waals surface area contributed by atoms with Crippen molar-refractivity contribution in [3.63, 3.8) is 0 Å². The summed E-state index contributed by atoms with van der Waals surface area (Å²) in [6.07, 6.45) is -21.5. The lowest BCUT2D eigenvalue weighted by Gasteiger charge is -2.23. The van der Waals surface area contributed by atoms with Crippen LogP contribution >= 0.6 is 0 Å². The molecular formula is C22H26F6N6O11. The molecule has 2 saturated heterocycles. The lowest BCUT2D eigenvalue weighted by atomic mass is 10.1. The third-order valence-corrected chi connectivity index (χ3v) is 6.06. The molecule has 2 aromatic heterocycles. The van der Waals surface area contributed by atoms with E-state index in [1.54, 1.807) is 0 Å². The quantitative estimate of drug-likeness (QED) is 0.182. The monoisotopic (exact) mass is 664 g/mol. The van der Waals surface area contributed by atoms with Crippen LogP contribution in [0.25, 0.3) is 0 Å². The zero-order valence-electron chi connectivity index (χ0n) is 22.6. The molecule has 0 bridgehead atoms. The largest absolute Gasteiger partial charge is 0.523 e. The summed E-state index contributed by atoms with van der Waals surface area (Å²) >= 11 is 0. The molecule has 1 amide bonds. The molecule has 7 N–H and O–H groups in total. The van der Waals surface area contributed by atoms with Crippen molar-refractivity contribution in [3.8, 4) is 0 Å². The molecule has 0 aliphatic carbocycles. The third kappa shape index (κ3) is 9.16. The first kappa shape index (κ1) is 35.8. The molecule has 252 valence electrons. The van der Waals surface area contributed by atoms with Crippen LogP contribution in [0.3, 0.4) is 0 Å². The standard InChI is InChI=1S/C12H14F3N3O6.C10H12F3N3O5/c1-5(20)16-7-2-3-18(11(22)17-7)10-9(24-12(13,14)15)8(21)6(4-19)23-10;11-10(12,13)21-7-6(18)4(3-17)20-8(7)16-2-1-5(14)15-9(16)19/h2-3,6,8-10,19,21H,4H2,1H3,(H,16,17,20,22);1-2,4,6-8,17-18H,3H2,(H2,14,15,19)/t6-,8+,9?,10-;4-,6+,7?,8-/m11/s1. The Bertz CT molecular complexity index is 1440. The van der Waals surface area contributed by atoms with E-state index in [1.807, 2.05) is 0 Å². The Morgan fingerprint density at radius 1 is 0.889 bits per heavy atom. The molecule has 4 rings (SSSR count). The van der Waals surface area contributed by atoms with E-state index < -0.39 is 92.3 Å². The lowest BCUT2D eigenvalue weighted by molar-refractivity contribution is -0.356. The van der Waals surface area contributed by atoms with Gasteiger partial charge >= 0.3 is 24.1 Å². The van der Waals surface area contributed by atoms with E-state index in [0.29, 0.717) is 9.13 Å². The predicted molar refractivity (Wildman–Crippen MR) is 132 cm³/mol. The topological polar surface area (TPSA) is 243 Å². The average Bonchev–Trinajstić information content (AvgIpc) is 3.38. The number of hydrogen-bond donors (Lipinski definition) is 6. The lowest BCUT2D eigenvalue weighted by Crippen LogP contribution is -2.41. The first-order chi connectivity index (χ1) is 20.8. The second-order valence-corrected chi connectivity index (χ2v) is 9.26. The van der Waals surface area contributed by atoms with Gasteiger partial charge in [0.1, 0.15) is 48.3 Å². The second kappa shape index (κ2) is 14.2. The number of anilines is 2. The maximum absolute atomic E-state index is 12.5. The summed E-state index contributed by atoms with van der Waals surface area (Å²) in [5, 5.41) is 39.8. The van der Waals surface area contributed by atoms with E-state index in [0.717, 1.165) is 18.5 Å². The normalized spacial score (nSPS) is 28.4. The van der Waals surface area contributed by atoms with Gasteiger partial charge in [-0.1, -0.05) is 0 Å². The van der Waals surface area contributed by atoms with Crippen LogP contribution < -0.4 is 22.4 Å². The number of alkyl halides is 6. The number of halogens is 6. The maximum Gasteiger partial charge on any atom is 0.523 e. The molecule has 2 aliphatic heterocycles. The Morgan fingerprint density at radius 3 is 1.67 bits per heavy atom. The van der Waals surface area contributed by atoms with E-state index in [1.165, 1.54) is 13.0 Å². The molecule has 8 atom stereocenters. The summed E-state index contributed by atoms with van der Waals surface area (Å²) in [6, 6.07) is 2.34. The molecule has 45 heavy (non-hydrogen) atoms. The molecule has 23 heteroatoms. The first-order valence-electron chi connectivity index (χ1n) is 12.4. The van der Waals surface area contributed by atoms with Gasteiger partial charge in [-0.15, -0.1) is 26.3 Å². The highest BCUT2D eigenvalue weighted by Crippen LogP contribution is 2.36. The minimum atomic E-state index is -5.09. The van der Waals surface area contributed by atoms with Gasteiger partial charge < -0.3 is 41.0 Å². The molecule has 0 saturated carbocycles. The fraction of sp³-hybridized carbons (Fsp3) is 0.591. The Labute approximate surface area is 246 Å². The molecular weight excluding hydrogens is 638 g/mol. The number of rotatable bonds is 7. The van der Waals surface area contributed by atoms with Crippen molar-refractivity contribution < 1.29 is 70.5 Å². The Hall–Kier alpha value is -3.71. The number of hydrogen-bond acceptors (Lipinski definition) is 14. The Balaban J connectivity index is 0.000000248. The van der Waals surface area contributed by atoms with Gasteiger partial charge in [0.2, 0.25) is 5.91 Å². The molecule has 2 aliphatic rings. The van der Waals surface area contributed by atoms with Crippen LogP contribution in [0.4, 0.5) is 38.0 Å². The Kier molecular flexibility index (Phi) is 11.2. The van der Waals surface area contributed by atoms with Gasteiger partial charge in [0, 0.05) is 19.3 Å². The van der Waals surface area contributed by atoms with Gasteiger partial charge in [-0.3, -0.25) is 23.4 Å². The maximum atomic E-state index is 12.5. The van der Waals surface area contributed by atoms with Crippen molar-refractivity contribution in [2.75, 3.05) is 24.3 Å². The van der Waals surface area contributed by atoms with E-state index >= 15 is 0 Å². The highest BCUT2D eigenvalue weighted by molar-refractivity contribution is 5.87. The van der Waals surface area contributed by atoms with Crippen LogP contribution in [-0.2, 0) is 23.7 Å². The average molecular weight is 664 g/mol. The number of nitrogens with one attached hydrogen (secondary N) is 1. The van der Waals surface area contributed by atoms with Crippen LogP contribution in [-0.4, -0.2) is 108 Å². The zero-order chi connectivity index (χ0) is 33.9. The number of nitrogens with zero attached hydrogens (tertiary/aromatic N) is 4. The molecule has 0 spiro atoms. The van der Waals surface area contributed by atoms with E-state index in [-0.39, 0.29) is 11.6 Å². The summed E-state index contributed by atoms with van der Waals surface area (Å²) in [5.74, 6) is -0.720. The zero-order valence-corrected chi connectivity index (χ0v) is 22.6. The fourth-order valence-electron chi connectivity index (χ4n) is 4.22. The molecule has 0 radical (unpaired) electrons. The first-order valence-corrected chi connectivity index (χ1v) is 12.4. The number of nitrogen functional groups attached to an aromatic ring is 1. The van der Waals surface area contributed by atoms with Gasteiger partial charge in [0.15, 0.2) is 12.5 Å². The summed E-state index contributed by atoms with van der Waals surface area (Å²) in [6.45, 7) is -0.337. The van der Waals surface area contributed by atoms with Gasteiger partial charge in [0.25, 0.3) is 0 Å². The highest BCUT2D eigenvalue weighted by Gasteiger charge is 2.52. The van der Waals surface area contributed by atoms with Gasteiger partial charge in [-0.05, 0) is 12.1 Å². The summed E-state index contributed by atoms with van der Waals surface area (Å²) in [5.41, 5.74) is 3.27. The van der Waals surface area contributed by atoms with E-state index in [9.17, 15) is 50.9 Å². The number of aromatic nitrogens is 4. The SMILES string of the molecule is CC(=O)Nc1ccn([C@@H]2O[C@H](CO)[C@H](O)C2OC(F)(F)F)c(=O)n1.Nc1ccn([C@@H]2O[C@H](CO)[C@H](O)C2OC(F)(F)F)c(=O)n1. The van der Waals surface area contributed by atoms with Crippen molar-refractivity contribution in [1.82, 2.24) is 19.1 Å². The van der Waals surface area contributed by atoms with Gasteiger partial charge in [0.05, 0.1) is 13.2 Å². The van der Waals surface area contributed by atoms with E-state index in [4.69, 9.17) is 25.4 Å². The number of amides is 1. The summed E-state index contributed by atoms with van der Waals surface area (Å²) in [7, 11) is 0. The number of ether oxygens (including phenoxy) is 4. The third-order valence-electron chi connectivity index (χ3n) is 6.06. The smallest absolute Gasteiger partial charge is 0.394 e. The van der Waals surface area contributed by atoms with Crippen molar-refractivity contribution in [2.45, 2.75) is 68.7 Å². The van der Waals surface area contributed by atoms with Crippen LogP contribution in [0.15, 0.2) is 34.1 Å². The minimum absolute atomic E-state index is 0.103. The Morgan fingerprint density at radius 2 is 1.31 bits per heavy atom. The van der Waals surface area contributed by atoms with Gasteiger partial charge in [-0.25, -0.2) is 9.59 Å². The molecule has 4 heterocycles. The molecule has 2 aromatic rings. The number of aliphatic hydroxyl groups is 4. The molecule has 17 nitrogen and oxygen atoms in total. The summed E-state index contributed by atoms with van der Waals surface area (Å²) in [4.78, 5) is 41.3. The molecule has 2 unspecified atom stereocenters. The molecule has 0 aromatic carbocycles. The van der Waals surface area contributed by atoms with Crippen LogP contribution in [0, 0.1) is 0 Å². The summed E-state index contributed by atoms with van der Waals surface area (Å²) < 4.78 is 93.8. The van der Waals surface area contributed by atoms with Crippen molar-refractivity contribution in [1.29, 1.82) is 0 Å². The second-order valence-electron chi connectivity index (χ2n) is 9.26. The number of carbonyl (C=O) groups is 1. The number of aliphatic hydroxyl groups excluding tert-OH is 4. The molecule has 2 fully saturated rings. The van der Waals surface area contributed by atoms with Gasteiger partial charge in [-0.2, -0.15) is 9.97 Å². The van der Waals surface area contributed by atoms with Crippen LogP contribution in [0.1, 0.15) is 19.4 Å². The van der Waals surface area contributed by atoms with Crippen molar-refractivity contribution >= 4 is 17.5 Å². The van der Waals surface area contributed by atoms with Crippen LogP contribution in [0.2, 0.25) is 0 Å². The fourth-order valence-corrected chi connectivity index (χ4v) is 4.22. The van der Waals surface area contributed by atoms with Crippen LogP contribution in [0.5, 0.6) is 0 Å². The van der Waals surface area contributed by atoms with E-state index in [2.05, 4.69) is 24.8 Å². The van der Waals surface area contributed by atoms with Crippen molar-refractivity contribution in [3.05, 3.63) is 45.5 Å². The van der Waals surface area contributed by atoms with Crippen molar-refractivity contribution in [2.24, 2.45) is 0 Å². The predicted octanol–water partition coefficient (Wildman–Crippen LogP) is -1.66. The number of nitrogens with two attached hydrogens (primary N) is 1.